The SMILES string of the molecule is COC(=O)C1CC(N)CN(c2ccc3c(c2)OCO3)C1. The van der Waals surface area contributed by atoms with E-state index in [0.717, 1.165) is 17.2 Å². The molecule has 1 aromatic carbocycles. The normalized spacial score (nSPS) is 24.6. The summed E-state index contributed by atoms with van der Waals surface area (Å²) in [6.07, 6.45) is 0.660. The van der Waals surface area contributed by atoms with E-state index in [2.05, 4.69) is 4.90 Å². The number of anilines is 1. The second-order valence-corrected chi connectivity index (χ2v) is 5.16. The number of rotatable bonds is 2. The average Bonchev–Trinajstić information content (AvgIpc) is 2.93. The van der Waals surface area contributed by atoms with E-state index in [9.17, 15) is 4.79 Å². The Hall–Kier alpha value is -1.95. The van der Waals surface area contributed by atoms with Crippen molar-refractivity contribution < 1.29 is 19.0 Å². The van der Waals surface area contributed by atoms with Crippen LogP contribution in [0.1, 0.15) is 6.42 Å². The molecular formula is C14H18N2O4. The molecule has 0 bridgehead atoms. The molecule has 0 aliphatic carbocycles. The highest BCUT2D eigenvalue weighted by Crippen LogP contribution is 2.36. The topological polar surface area (TPSA) is 74.0 Å². The average molecular weight is 278 g/mol. The summed E-state index contributed by atoms with van der Waals surface area (Å²) in [6.45, 7) is 1.58. The number of piperidine rings is 1. The van der Waals surface area contributed by atoms with Crippen LogP contribution >= 0.6 is 0 Å². The maximum atomic E-state index is 11.7. The molecule has 1 saturated heterocycles. The maximum absolute atomic E-state index is 11.7. The van der Waals surface area contributed by atoms with Crippen LogP contribution < -0.4 is 20.1 Å². The second-order valence-electron chi connectivity index (χ2n) is 5.16. The molecule has 0 spiro atoms. The highest BCUT2D eigenvalue weighted by atomic mass is 16.7. The predicted molar refractivity (Wildman–Crippen MR) is 72.9 cm³/mol. The van der Waals surface area contributed by atoms with Gasteiger partial charge in [-0.15, -0.1) is 0 Å². The van der Waals surface area contributed by atoms with Gasteiger partial charge in [0.2, 0.25) is 6.79 Å². The zero-order valence-electron chi connectivity index (χ0n) is 11.4. The van der Waals surface area contributed by atoms with Gasteiger partial charge in [0.05, 0.1) is 13.0 Å². The highest BCUT2D eigenvalue weighted by Gasteiger charge is 2.31. The lowest BCUT2D eigenvalue weighted by Crippen LogP contribution is -2.49. The molecule has 108 valence electrons. The maximum Gasteiger partial charge on any atom is 0.310 e. The zero-order valence-corrected chi connectivity index (χ0v) is 11.4. The first-order valence-electron chi connectivity index (χ1n) is 6.65. The Labute approximate surface area is 117 Å². The lowest BCUT2D eigenvalue weighted by Gasteiger charge is -2.36. The second kappa shape index (κ2) is 5.20. The van der Waals surface area contributed by atoms with Crippen molar-refractivity contribution in [1.29, 1.82) is 0 Å². The van der Waals surface area contributed by atoms with Crippen LogP contribution in [0.3, 0.4) is 0 Å². The van der Waals surface area contributed by atoms with Gasteiger partial charge in [-0.1, -0.05) is 0 Å². The van der Waals surface area contributed by atoms with E-state index >= 15 is 0 Å². The van der Waals surface area contributed by atoms with Crippen LogP contribution in [0.2, 0.25) is 0 Å². The molecular weight excluding hydrogens is 260 g/mol. The highest BCUT2D eigenvalue weighted by molar-refractivity contribution is 5.74. The van der Waals surface area contributed by atoms with Crippen molar-refractivity contribution >= 4 is 11.7 Å². The van der Waals surface area contributed by atoms with Gasteiger partial charge in [0.1, 0.15) is 0 Å². The summed E-state index contributed by atoms with van der Waals surface area (Å²) in [5.74, 6) is 1.09. The van der Waals surface area contributed by atoms with Crippen LogP contribution in [-0.2, 0) is 9.53 Å². The number of methoxy groups -OCH3 is 1. The largest absolute Gasteiger partial charge is 0.469 e. The Morgan fingerprint density at radius 2 is 2.15 bits per heavy atom. The molecule has 2 unspecified atom stereocenters. The number of benzene rings is 1. The molecule has 6 heteroatoms. The quantitative estimate of drug-likeness (QED) is 0.804. The van der Waals surface area contributed by atoms with E-state index in [0.29, 0.717) is 19.5 Å². The summed E-state index contributed by atoms with van der Waals surface area (Å²) < 4.78 is 15.5. The molecule has 3 rings (SSSR count). The number of hydrogen-bond donors (Lipinski definition) is 1. The minimum Gasteiger partial charge on any atom is -0.469 e. The zero-order chi connectivity index (χ0) is 14.1. The summed E-state index contributed by atoms with van der Waals surface area (Å²) in [6, 6.07) is 5.72. The Balaban J connectivity index is 1.80. The number of carbonyl (C=O) groups excluding carboxylic acids is 1. The van der Waals surface area contributed by atoms with Gasteiger partial charge in [0.25, 0.3) is 0 Å². The third-order valence-corrected chi connectivity index (χ3v) is 3.74. The first-order chi connectivity index (χ1) is 9.67. The van der Waals surface area contributed by atoms with E-state index in [-0.39, 0.29) is 24.7 Å². The summed E-state index contributed by atoms with van der Waals surface area (Å²) in [4.78, 5) is 13.8. The summed E-state index contributed by atoms with van der Waals surface area (Å²) >= 11 is 0. The van der Waals surface area contributed by atoms with Crippen molar-refractivity contribution in [1.82, 2.24) is 0 Å². The van der Waals surface area contributed by atoms with Crippen molar-refractivity contribution in [3.05, 3.63) is 18.2 Å². The predicted octanol–water partition coefficient (Wildman–Crippen LogP) is 0.742. The number of esters is 1. The number of nitrogens with two attached hydrogens (primary N) is 1. The first kappa shape index (κ1) is 13.1. The van der Waals surface area contributed by atoms with Crippen LogP contribution in [0.5, 0.6) is 11.5 Å². The van der Waals surface area contributed by atoms with Gasteiger partial charge in [-0.3, -0.25) is 4.79 Å². The molecule has 2 heterocycles. The Morgan fingerprint density at radius 1 is 1.35 bits per heavy atom. The molecule has 0 aromatic heterocycles. The van der Waals surface area contributed by atoms with Gasteiger partial charge in [-0.05, 0) is 18.6 Å². The smallest absolute Gasteiger partial charge is 0.310 e. The van der Waals surface area contributed by atoms with Crippen molar-refractivity contribution in [2.24, 2.45) is 11.7 Å². The summed E-state index contributed by atoms with van der Waals surface area (Å²) in [5, 5.41) is 0. The number of nitrogens with zero attached hydrogens (tertiary/aromatic N) is 1. The van der Waals surface area contributed by atoms with Crippen LogP contribution in [0.15, 0.2) is 18.2 Å². The Bertz CT molecular complexity index is 520. The fourth-order valence-corrected chi connectivity index (χ4v) is 2.77. The lowest BCUT2D eigenvalue weighted by atomic mass is 9.94. The van der Waals surface area contributed by atoms with Gasteiger partial charge in [0, 0.05) is 30.9 Å². The number of carbonyl (C=O) groups is 1. The monoisotopic (exact) mass is 278 g/mol. The van der Waals surface area contributed by atoms with E-state index in [4.69, 9.17) is 19.9 Å². The number of hydrogen-bond acceptors (Lipinski definition) is 6. The first-order valence-corrected chi connectivity index (χ1v) is 6.65. The molecule has 6 nitrogen and oxygen atoms in total. The van der Waals surface area contributed by atoms with Gasteiger partial charge in [-0.25, -0.2) is 0 Å². The molecule has 0 amide bonds. The molecule has 1 aromatic rings. The lowest BCUT2D eigenvalue weighted by molar-refractivity contribution is -0.145. The van der Waals surface area contributed by atoms with Crippen molar-refractivity contribution in [3.63, 3.8) is 0 Å². The summed E-state index contributed by atoms with van der Waals surface area (Å²) in [5.41, 5.74) is 7.04. The van der Waals surface area contributed by atoms with E-state index in [1.807, 2.05) is 18.2 Å². The number of fused-ring (bicyclic) bond motifs is 1. The Morgan fingerprint density at radius 3 is 2.95 bits per heavy atom. The van der Waals surface area contributed by atoms with Gasteiger partial charge >= 0.3 is 5.97 Å². The van der Waals surface area contributed by atoms with Crippen LogP contribution in [0, 0.1) is 5.92 Å². The Kier molecular flexibility index (Phi) is 3.40. The van der Waals surface area contributed by atoms with E-state index in [1.165, 1.54) is 7.11 Å². The fourth-order valence-electron chi connectivity index (χ4n) is 2.77. The molecule has 2 atom stereocenters. The third kappa shape index (κ3) is 2.38. The molecule has 20 heavy (non-hydrogen) atoms. The number of ether oxygens (including phenoxy) is 3. The molecule has 1 fully saturated rings. The van der Waals surface area contributed by atoms with Crippen LogP contribution in [0.25, 0.3) is 0 Å². The van der Waals surface area contributed by atoms with Crippen molar-refractivity contribution in [3.8, 4) is 11.5 Å². The van der Waals surface area contributed by atoms with E-state index < -0.39 is 0 Å². The minimum atomic E-state index is -0.203. The summed E-state index contributed by atoms with van der Waals surface area (Å²) in [7, 11) is 1.41. The van der Waals surface area contributed by atoms with Crippen LogP contribution in [-0.4, -0.2) is 39.0 Å². The van der Waals surface area contributed by atoms with Crippen LogP contribution in [0.4, 0.5) is 5.69 Å². The van der Waals surface area contributed by atoms with E-state index in [1.54, 1.807) is 0 Å². The molecule has 0 saturated carbocycles. The standard InChI is InChI=1S/C14H18N2O4/c1-18-14(17)9-4-10(15)7-16(6-9)11-2-3-12-13(5-11)20-8-19-12/h2-3,5,9-10H,4,6-8,15H2,1H3. The molecule has 2 N–H and O–H groups in total. The van der Waals surface area contributed by atoms with Crippen molar-refractivity contribution in [2.45, 2.75) is 12.5 Å². The molecule has 2 aliphatic heterocycles. The fraction of sp³-hybridized carbons (Fsp3) is 0.500. The van der Waals surface area contributed by atoms with Gasteiger partial charge in [-0.2, -0.15) is 0 Å². The van der Waals surface area contributed by atoms with Crippen molar-refractivity contribution in [2.75, 3.05) is 31.9 Å². The van der Waals surface area contributed by atoms with Gasteiger partial charge in [0.15, 0.2) is 11.5 Å². The minimum absolute atomic E-state index is 0.0433. The molecule has 0 radical (unpaired) electrons. The van der Waals surface area contributed by atoms with Gasteiger partial charge < -0.3 is 24.8 Å². The third-order valence-electron chi connectivity index (χ3n) is 3.74. The molecule has 2 aliphatic rings.